The lowest BCUT2D eigenvalue weighted by Gasteiger charge is -2.54. The Morgan fingerprint density at radius 3 is 2.60 bits per heavy atom. The molecule has 1 aliphatic heterocycles. The zero-order valence-electron chi connectivity index (χ0n) is 25.6. The minimum Gasteiger partial charge on any atom is -0.482 e. The smallest absolute Gasteiger partial charge is 0.265 e. The fourth-order valence-corrected chi connectivity index (χ4v) is 7.16. The summed E-state index contributed by atoms with van der Waals surface area (Å²) in [4.78, 5) is 27.7. The molecule has 6 rings (SSSR count). The zero-order chi connectivity index (χ0) is 32.1. The van der Waals surface area contributed by atoms with Gasteiger partial charge in [-0.2, -0.15) is 0 Å². The highest BCUT2D eigenvalue weighted by atomic mass is 35.5. The molecule has 0 spiro atoms. The first-order valence-corrected chi connectivity index (χ1v) is 15.6. The summed E-state index contributed by atoms with van der Waals surface area (Å²) in [5, 5.41) is 22.2. The predicted molar refractivity (Wildman–Crippen MR) is 168 cm³/mol. The van der Waals surface area contributed by atoms with Crippen molar-refractivity contribution >= 4 is 35.2 Å². The van der Waals surface area contributed by atoms with Crippen LogP contribution in [-0.2, 0) is 17.8 Å². The van der Waals surface area contributed by atoms with Crippen molar-refractivity contribution in [1.82, 2.24) is 15.0 Å². The highest BCUT2D eigenvalue weighted by Crippen LogP contribution is 2.56. The number of amides is 1. The van der Waals surface area contributed by atoms with Gasteiger partial charge in [-0.3, -0.25) is 9.69 Å². The van der Waals surface area contributed by atoms with Crippen molar-refractivity contribution in [2.45, 2.75) is 65.3 Å². The Bertz CT molecular complexity index is 1640. The maximum atomic E-state index is 14.0. The molecule has 1 amide bonds. The third kappa shape index (κ3) is 6.00. The number of nitrogens with one attached hydrogen (secondary N) is 2. The van der Waals surface area contributed by atoms with Gasteiger partial charge in [0, 0.05) is 55.4 Å². The van der Waals surface area contributed by atoms with E-state index in [0.717, 1.165) is 30.4 Å². The molecule has 3 heterocycles. The molecular formula is C33H37ClF2N6O3. The molecule has 2 saturated carbocycles. The fourth-order valence-electron chi connectivity index (χ4n) is 7.06. The van der Waals surface area contributed by atoms with E-state index in [1.807, 2.05) is 19.1 Å². The lowest BCUT2D eigenvalue weighted by Crippen LogP contribution is -2.50. The van der Waals surface area contributed by atoms with Crippen LogP contribution in [0.25, 0.3) is 11.1 Å². The fraction of sp³-hybridized carbons (Fsp3) is 0.485. The molecule has 2 aliphatic carbocycles. The second-order valence-electron chi connectivity index (χ2n) is 13.1. The Balaban J connectivity index is 1.35. The summed E-state index contributed by atoms with van der Waals surface area (Å²) in [6.45, 7) is 6.79. The molecule has 3 N–H and O–H groups in total. The number of hydrogen-bond donors (Lipinski definition) is 3. The number of fused-ring (bicyclic) bond motifs is 1. The summed E-state index contributed by atoms with van der Waals surface area (Å²) in [6, 6.07) is 5.44. The van der Waals surface area contributed by atoms with Gasteiger partial charge in [-0.1, -0.05) is 31.5 Å². The van der Waals surface area contributed by atoms with Crippen molar-refractivity contribution in [3.05, 3.63) is 58.3 Å². The maximum Gasteiger partial charge on any atom is 0.265 e. The minimum absolute atomic E-state index is 0.0715. The number of rotatable bonds is 11. The van der Waals surface area contributed by atoms with E-state index < -0.39 is 11.8 Å². The molecule has 3 aromatic rings. The summed E-state index contributed by atoms with van der Waals surface area (Å²) in [5.41, 5.74) is 3.65. The van der Waals surface area contributed by atoms with Gasteiger partial charge in [0.1, 0.15) is 17.4 Å². The topological polar surface area (TPSA) is 124 Å². The molecule has 3 aliphatic rings. The van der Waals surface area contributed by atoms with Gasteiger partial charge in [0.05, 0.1) is 17.3 Å². The second kappa shape index (κ2) is 11.6. The SMILES string of the molecule is CCC1(CO)CC(C)(CNc2nc(CC3CC3(F)F)c(C)c(-c3ccc4c(c3)OCC(=O)N4Cc3ncc(Cl)cn3)c2C=N)C1. The van der Waals surface area contributed by atoms with E-state index in [-0.39, 0.29) is 49.3 Å². The normalized spacial score (nSPS) is 24.8. The number of aliphatic hydroxyl groups excluding tert-OH is 1. The maximum absolute atomic E-state index is 14.0. The van der Waals surface area contributed by atoms with E-state index in [4.69, 9.17) is 26.7 Å². The Hall–Kier alpha value is -3.70. The molecule has 9 nitrogen and oxygen atoms in total. The number of aromatic nitrogens is 3. The van der Waals surface area contributed by atoms with Crippen LogP contribution in [0.2, 0.25) is 5.02 Å². The monoisotopic (exact) mass is 638 g/mol. The van der Waals surface area contributed by atoms with E-state index in [1.54, 1.807) is 11.0 Å². The number of nitrogens with zero attached hydrogens (tertiary/aromatic N) is 4. The number of aliphatic hydroxyl groups is 1. The van der Waals surface area contributed by atoms with Crippen LogP contribution in [0.3, 0.4) is 0 Å². The Morgan fingerprint density at radius 1 is 1.27 bits per heavy atom. The molecule has 1 atom stereocenters. The van der Waals surface area contributed by atoms with Gasteiger partial charge in [-0.15, -0.1) is 0 Å². The molecule has 238 valence electrons. The van der Waals surface area contributed by atoms with Crippen LogP contribution in [0.4, 0.5) is 20.3 Å². The highest BCUT2D eigenvalue weighted by molar-refractivity contribution is 6.30. The number of carbonyl (C=O) groups is 1. The van der Waals surface area contributed by atoms with Gasteiger partial charge < -0.3 is 20.6 Å². The highest BCUT2D eigenvalue weighted by Gasteiger charge is 2.56. The van der Waals surface area contributed by atoms with Crippen LogP contribution in [0.15, 0.2) is 30.6 Å². The van der Waals surface area contributed by atoms with Gasteiger partial charge >= 0.3 is 0 Å². The molecule has 0 saturated heterocycles. The van der Waals surface area contributed by atoms with E-state index in [9.17, 15) is 18.7 Å². The molecule has 2 aromatic heterocycles. The van der Waals surface area contributed by atoms with Crippen molar-refractivity contribution in [2.24, 2.45) is 16.7 Å². The van der Waals surface area contributed by atoms with Gasteiger partial charge in [0.25, 0.3) is 11.8 Å². The zero-order valence-corrected chi connectivity index (χ0v) is 26.3. The largest absolute Gasteiger partial charge is 0.482 e. The first-order valence-electron chi connectivity index (χ1n) is 15.2. The van der Waals surface area contributed by atoms with Crippen molar-refractivity contribution in [3.8, 4) is 16.9 Å². The molecular weight excluding hydrogens is 602 g/mol. The average Bonchev–Trinajstić information content (AvgIpc) is 3.62. The van der Waals surface area contributed by atoms with Gasteiger partial charge in [-0.25, -0.2) is 23.7 Å². The van der Waals surface area contributed by atoms with E-state index in [1.165, 1.54) is 18.6 Å². The van der Waals surface area contributed by atoms with E-state index in [0.29, 0.717) is 51.5 Å². The van der Waals surface area contributed by atoms with Gasteiger partial charge in [-0.05, 0) is 72.3 Å². The van der Waals surface area contributed by atoms with E-state index >= 15 is 0 Å². The molecule has 2 fully saturated rings. The summed E-state index contributed by atoms with van der Waals surface area (Å²) >= 11 is 5.92. The summed E-state index contributed by atoms with van der Waals surface area (Å²) in [6.07, 6.45) is 6.78. The Labute approximate surface area is 265 Å². The van der Waals surface area contributed by atoms with Crippen LogP contribution >= 0.6 is 11.6 Å². The first kappa shape index (κ1) is 31.3. The molecule has 1 aromatic carbocycles. The Kier molecular flexibility index (Phi) is 8.06. The van der Waals surface area contributed by atoms with Crippen molar-refractivity contribution in [3.63, 3.8) is 0 Å². The summed E-state index contributed by atoms with van der Waals surface area (Å²) in [5.74, 6) is -2.34. The van der Waals surface area contributed by atoms with E-state index in [2.05, 4.69) is 29.1 Å². The molecule has 0 bridgehead atoms. The van der Waals surface area contributed by atoms with Gasteiger partial charge in [0.2, 0.25) is 0 Å². The van der Waals surface area contributed by atoms with Crippen molar-refractivity contribution in [2.75, 3.05) is 30.0 Å². The number of carbonyl (C=O) groups excluding carboxylic acids is 1. The van der Waals surface area contributed by atoms with Crippen LogP contribution in [-0.4, -0.2) is 57.9 Å². The number of hydrogen-bond acceptors (Lipinski definition) is 8. The lowest BCUT2D eigenvalue weighted by molar-refractivity contribution is -0.121. The van der Waals surface area contributed by atoms with Crippen LogP contribution in [0, 0.1) is 29.1 Å². The van der Waals surface area contributed by atoms with Crippen LogP contribution in [0.1, 0.15) is 62.2 Å². The Morgan fingerprint density at radius 2 is 1.98 bits per heavy atom. The molecule has 45 heavy (non-hydrogen) atoms. The molecule has 1 unspecified atom stereocenters. The number of alkyl halides is 2. The summed E-state index contributed by atoms with van der Waals surface area (Å²) in [7, 11) is 0. The minimum atomic E-state index is -2.70. The van der Waals surface area contributed by atoms with Gasteiger partial charge in [0.15, 0.2) is 6.61 Å². The summed E-state index contributed by atoms with van der Waals surface area (Å²) < 4.78 is 34.0. The number of pyridine rings is 1. The molecule has 0 radical (unpaired) electrons. The number of benzene rings is 1. The average molecular weight is 639 g/mol. The van der Waals surface area contributed by atoms with Crippen molar-refractivity contribution in [1.29, 1.82) is 5.41 Å². The standard InChI is InChI=1S/C33H37ClF2N6O3/c1-4-32(18-43)15-31(3,16-32)17-40-30-23(10-37)29(19(2)24(41-30)8-21-9-33(21,35)36)20-5-6-25-26(7-20)45-14-28(44)42(25)13-27-38-11-22(34)12-39-27/h5-7,10-12,21,37,43H,4,8-9,13-18H2,1-3H3,(H,40,41). The van der Waals surface area contributed by atoms with Crippen LogP contribution in [0.5, 0.6) is 5.75 Å². The second-order valence-corrected chi connectivity index (χ2v) is 13.6. The van der Waals surface area contributed by atoms with Crippen LogP contribution < -0.4 is 15.0 Å². The lowest BCUT2D eigenvalue weighted by atomic mass is 9.53. The third-order valence-corrected chi connectivity index (χ3v) is 9.85. The number of ether oxygens (including phenoxy) is 1. The third-order valence-electron chi connectivity index (χ3n) is 9.66. The number of halogens is 3. The first-order chi connectivity index (χ1) is 21.4. The molecule has 12 heteroatoms. The predicted octanol–water partition coefficient (Wildman–Crippen LogP) is 6.22. The van der Waals surface area contributed by atoms with Crippen molar-refractivity contribution < 1.29 is 23.4 Å². The quantitative estimate of drug-likeness (QED) is 0.213. The number of anilines is 2.